The van der Waals surface area contributed by atoms with Gasteiger partial charge in [-0.05, 0) is 5.92 Å². The van der Waals surface area contributed by atoms with Crippen molar-refractivity contribution in [2.75, 3.05) is 0 Å². The minimum Gasteiger partial charge on any atom is -0.0625 e. The molecule has 1 saturated carbocycles. The van der Waals surface area contributed by atoms with Gasteiger partial charge >= 0.3 is 0 Å². The van der Waals surface area contributed by atoms with E-state index in [0.29, 0.717) is 6.90 Å². The molecule has 1 rings (SSSR count). The van der Waals surface area contributed by atoms with Crippen LogP contribution in [0.5, 0.6) is 0 Å². The molecule has 0 radical (unpaired) electrons. The summed E-state index contributed by atoms with van der Waals surface area (Å²) in [7, 11) is 0. The molecule has 0 aromatic rings. The highest BCUT2D eigenvalue weighted by Gasteiger charge is 2.12. The first-order valence-electron chi connectivity index (χ1n) is 2.43. The predicted molar refractivity (Wildman–Crippen MR) is 18.4 cm³/mol. The first kappa shape index (κ1) is 1.44. The van der Waals surface area contributed by atoms with E-state index >= 15 is 0 Å². The van der Waals surface area contributed by atoms with Gasteiger partial charge in [-0.25, -0.2) is 0 Å². The van der Waals surface area contributed by atoms with Gasteiger partial charge in [0.2, 0.25) is 0 Å². The maximum Gasteiger partial charge on any atom is 0.0233 e. The highest BCUT2D eigenvalue weighted by molar-refractivity contribution is 4.65. The Morgan fingerprint density at radius 3 is 2.75 bits per heavy atom. The van der Waals surface area contributed by atoms with Gasteiger partial charge in [0.05, 0.1) is 0 Å². The third-order valence-corrected chi connectivity index (χ3v) is 0.697. The van der Waals surface area contributed by atoms with Crippen molar-refractivity contribution >= 4 is 0 Å². The maximum atomic E-state index is 6.72. The van der Waals surface area contributed by atoms with Gasteiger partial charge in [0, 0.05) is 1.37 Å². The summed E-state index contributed by atoms with van der Waals surface area (Å²) >= 11 is 0. The van der Waals surface area contributed by atoms with Crippen LogP contribution in [-0.2, 0) is 0 Å². The van der Waals surface area contributed by atoms with Crippen molar-refractivity contribution in [3.63, 3.8) is 0 Å². The summed E-state index contributed by atoms with van der Waals surface area (Å²) in [6.45, 7) is 0.667. The van der Waals surface area contributed by atoms with E-state index < -0.39 is 0 Å². The van der Waals surface area contributed by atoms with Crippen molar-refractivity contribution in [2.24, 2.45) is 5.92 Å². The van der Waals surface area contributed by atoms with Crippen LogP contribution in [0.25, 0.3) is 0 Å². The molecule has 0 amide bonds. The standard InChI is InChI=1S/C4H8/c1-4-2-3-4/h4H,2-3H2,1H3/i1T. The Balaban J connectivity index is 2.00. The van der Waals surface area contributed by atoms with Crippen molar-refractivity contribution in [3.8, 4) is 0 Å². The lowest BCUT2D eigenvalue weighted by molar-refractivity contribution is 0.983. The fourth-order valence-electron chi connectivity index (χ4n) is 0.118. The molecule has 0 saturated heterocycles. The monoisotopic (exact) mass is 58.1 g/mol. The summed E-state index contributed by atoms with van der Waals surface area (Å²) in [5, 5.41) is 0. The van der Waals surface area contributed by atoms with Gasteiger partial charge in [-0.1, -0.05) is 19.7 Å². The van der Waals surface area contributed by atoms with Crippen molar-refractivity contribution in [3.05, 3.63) is 0 Å². The van der Waals surface area contributed by atoms with Crippen LogP contribution in [-0.4, -0.2) is 0 Å². The van der Waals surface area contributed by atoms with E-state index in [2.05, 4.69) is 0 Å². The van der Waals surface area contributed by atoms with Crippen LogP contribution in [0.15, 0.2) is 0 Å². The summed E-state index contributed by atoms with van der Waals surface area (Å²) in [5.41, 5.74) is 0. The fraction of sp³-hybridized carbons (Fsp3) is 1.00. The molecule has 1 fully saturated rings. The van der Waals surface area contributed by atoms with Crippen molar-refractivity contribution in [2.45, 2.75) is 19.7 Å². The average molecular weight is 58.1 g/mol. The Morgan fingerprint density at radius 2 is 2.75 bits per heavy atom. The minimum atomic E-state index is 0.667. The summed E-state index contributed by atoms with van der Waals surface area (Å²) in [6, 6.07) is 0. The molecule has 0 aromatic heterocycles. The minimum absolute atomic E-state index is 0.667. The van der Waals surface area contributed by atoms with Crippen LogP contribution < -0.4 is 0 Å². The van der Waals surface area contributed by atoms with E-state index in [4.69, 9.17) is 1.37 Å². The van der Waals surface area contributed by atoms with Gasteiger partial charge in [-0.3, -0.25) is 0 Å². The highest BCUT2D eigenvalue weighted by Crippen LogP contribution is 2.26. The zero-order chi connectivity index (χ0) is 3.70. The lowest BCUT2D eigenvalue weighted by Gasteiger charge is -1.53. The summed E-state index contributed by atoms with van der Waals surface area (Å²) in [5.74, 6) is 0.801. The number of hydrogen-bond acceptors (Lipinski definition) is 0. The third kappa shape index (κ3) is 0.222. The molecule has 0 N–H and O–H groups in total. The fourth-order valence-corrected chi connectivity index (χ4v) is 0.118. The summed E-state index contributed by atoms with van der Waals surface area (Å²) in [6.07, 6.45) is 2.65. The molecule has 0 aliphatic heterocycles. The lowest BCUT2D eigenvalue weighted by Crippen LogP contribution is -1.42. The Morgan fingerprint density at radius 1 is 2.00 bits per heavy atom. The Bertz CT molecular complexity index is 30.6. The van der Waals surface area contributed by atoms with Crippen molar-refractivity contribution in [1.29, 1.82) is 0 Å². The van der Waals surface area contributed by atoms with Crippen LogP contribution in [0.2, 0.25) is 0 Å². The van der Waals surface area contributed by atoms with Gasteiger partial charge < -0.3 is 0 Å². The molecule has 0 spiro atoms. The zero-order valence-electron chi connectivity index (χ0n) is 3.70. The van der Waals surface area contributed by atoms with E-state index in [1.807, 2.05) is 0 Å². The van der Waals surface area contributed by atoms with Crippen LogP contribution in [0.1, 0.15) is 21.1 Å². The smallest absolute Gasteiger partial charge is 0.0233 e. The SMILES string of the molecule is [3H]CC1CC1. The second kappa shape index (κ2) is 0.480. The second-order valence-electron chi connectivity index (χ2n) is 1.44. The molecular weight excluding hydrogens is 48.0 g/mol. The molecular formula is C4H8. The molecule has 0 atom stereocenters. The van der Waals surface area contributed by atoms with Crippen molar-refractivity contribution in [1.82, 2.24) is 0 Å². The molecule has 1 aliphatic rings. The van der Waals surface area contributed by atoms with Gasteiger partial charge in [0.25, 0.3) is 0 Å². The molecule has 0 bridgehead atoms. The first-order chi connectivity index (χ1) is 2.43. The molecule has 0 nitrogen and oxygen atoms in total. The average Bonchev–Trinajstić information content (AvgIpc) is 2.12. The maximum absolute atomic E-state index is 6.72. The zero-order valence-corrected chi connectivity index (χ0v) is 2.70. The van der Waals surface area contributed by atoms with E-state index in [9.17, 15) is 0 Å². The van der Waals surface area contributed by atoms with Crippen LogP contribution >= 0.6 is 0 Å². The molecule has 1 aliphatic carbocycles. The molecule has 0 aromatic carbocycles. The molecule has 0 unspecified atom stereocenters. The van der Waals surface area contributed by atoms with E-state index in [0.717, 1.165) is 5.92 Å². The highest BCUT2D eigenvalue weighted by atomic mass is 14.2. The number of rotatable bonds is 0. The van der Waals surface area contributed by atoms with E-state index in [1.54, 1.807) is 0 Å². The topological polar surface area (TPSA) is 0 Å². The van der Waals surface area contributed by atoms with Crippen LogP contribution in [0, 0.1) is 5.92 Å². The quantitative estimate of drug-likeness (QED) is 0.395. The predicted octanol–water partition coefficient (Wildman–Crippen LogP) is 1.42. The van der Waals surface area contributed by atoms with Gasteiger partial charge in [-0.2, -0.15) is 0 Å². The van der Waals surface area contributed by atoms with Crippen LogP contribution in [0.3, 0.4) is 0 Å². The van der Waals surface area contributed by atoms with E-state index in [-0.39, 0.29) is 0 Å². The largest absolute Gasteiger partial charge is 0.0625 e. The molecule has 0 heteroatoms. The molecule has 24 valence electrons. The lowest BCUT2D eigenvalue weighted by atomic mass is 10.5. The summed E-state index contributed by atoms with van der Waals surface area (Å²) in [4.78, 5) is 0. The molecule has 0 heterocycles. The second-order valence-corrected chi connectivity index (χ2v) is 1.44. The van der Waals surface area contributed by atoms with Gasteiger partial charge in [-0.15, -0.1) is 0 Å². The Kier molecular flexibility index (Phi) is 0.173. The summed E-state index contributed by atoms with van der Waals surface area (Å²) < 4.78 is 6.72. The molecule has 4 heavy (non-hydrogen) atoms. The first-order valence-corrected chi connectivity index (χ1v) is 1.72. The van der Waals surface area contributed by atoms with Gasteiger partial charge in [0.1, 0.15) is 0 Å². The normalized spacial score (nSPS) is 29.5. The third-order valence-electron chi connectivity index (χ3n) is 0.697. The number of hydrogen-bond donors (Lipinski definition) is 0. The van der Waals surface area contributed by atoms with E-state index in [1.165, 1.54) is 12.8 Å². The van der Waals surface area contributed by atoms with Gasteiger partial charge in [0.15, 0.2) is 0 Å². The van der Waals surface area contributed by atoms with Crippen molar-refractivity contribution < 1.29 is 1.37 Å². The Labute approximate surface area is 28.2 Å². The Hall–Kier alpha value is 0. The van der Waals surface area contributed by atoms with Crippen LogP contribution in [0.4, 0.5) is 0 Å².